The monoisotopic (exact) mass is 216 g/mol. The van der Waals surface area contributed by atoms with Crippen LogP contribution in [-0.4, -0.2) is 6.54 Å². The SMILES string of the molecule is Nc1ccccc1NCC1CC2CCC1C2. The van der Waals surface area contributed by atoms with Crippen molar-refractivity contribution in [1.82, 2.24) is 0 Å². The molecule has 86 valence electrons. The van der Waals surface area contributed by atoms with Gasteiger partial charge in [-0.3, -0.25) is 0 Å². The molecular weight excluding hydrogens is 196 g/mol. The third-order valence-corrected chi connectivity index (χ3v) is 4.40. The normalized spacial score (nSPS) is 31.9. The molecule has 2 heteroatoms. The zero-order valence-corrected chi connectivity index (χ0v) is 9.65. The van der Waals surface area contributed by atoms with Gasteiger partial charge in [-0.25, -0.2) is 0 Å². The lowest BCUT2D eigenvalue weighted by Crippen LogP contribution is -2.20. The first kappa shape index (κ1) is 10.0. The Morgan fingerprint density at radius 2 is 2.06 bits per heavy atom. The van der Waals surface area contributed by atoms with Crippen LogP contribution < -0.4 is 11.1 Å². The molecule has 0 heterocycles. The van der Waals surface area contributed by atoms with Crippen molar-refractivity contribution in [1.29, 1.82) is 0 Å². The first-order valence-corrected chi connectivity index (χ1v) is 6.41. The number of nitrogen functional groups attached to an aromatic ring is 1. The summed E-state index contributed by atoms with van der Waals surface area (Å²) in [5.41, 5.74) is 7.89. The fourth-order valence-electron chi connectivity index (χ4n) is 3.53. The van der Waals surface area contributed by atoms with Gasteiger partial charge in [0.05, 0.1) is 11.4 Å². The Morgan fingerprint density at radius 1 is 1.19 bits per heavy atom. The van der Waals surface area contributed by atoms with E-state index in [-0.39, 0.29) is 0 Å². The quantitative estimate of drug-likeness (QED) is 0.762. The van der Waals surface area contributed by atoms with E-state index in [1.54, 1.807) is 0 Å². The molecule has 3 rings (SSSR count). The summed E-state index contributed by atoms with van der Waals surface area (Å²) in [7, 11) is 0. The van der Waals surface area contributed by atoms with E-state index in [1.165, 1.54) is 25.7 Å². The van der Waals surface area contributed by atoms with Gasteiger partial charge in [-0.1, -0.05) is 18.6 Å². The summed E-state index contributed by atoms with van der Waals surface area (Å²) in [4.78, 5) is 0. The number of para-hydroxylation sites is 2. The first-order valence-electron chi connectivity index (χ1n) is 6.41. The highest BCUT2D eigenvalue weighted by Crippen LogP contribution is 2.48. The van der Waals surface area contributed by atoms with E-state index in [0.29, 0.717) is 0 Å². The number of nitrogens with one attached hydrogen (secondary N) is 1. The van der Waals surface area contributed by atoms with Gasteiger partial charge in [-0.05, 0) is 49.1 Å². The van der Waals surface area contributed by atoms with E-state index in [1.807, 2.05) is 18.2 Å². The molecule has 2 bridgehead atoms. The molecule has 0 saturated heterocycles. The summed E-state index contributed by atoms with van der Waals surface area (Å²) >= 11 is 0. The van der Waals surface area contributed by atoms with Gasteiger partial charge in [0, 0.05) is 6.54 Å². The van der Waals surface area contributed by atoms with Crippen LogP contribution in [0.3, 0.4) is 0 Å². The van der Waals surface area contributed by atoms with Gasteiger partial charge in [-0.15, -0.1) is 0 Å². The molecule has 0 aliphatic heterocycles. The summed E-state index contributed by atoms with van der Waals surface area (Å²) in [5.74, 6) is 2.91. The van der Waals surface area contributed by atoms with Crippen LogP contribution in [-0.2, 0) is 0 Å². The van der Waals surface area contributed by atoms with Gasteiger partial charge in [0.2, 0.25) is 0 Å². The lowest BCUT2D eigenvalue weighted by Gasteiger charge is -2.22. The van der Waals surface area contributed by atoms with E-state index in [4.69, 9.17) is 5.73 Å². The second-order valence-electron chi connectivity index (χ2n) is 5.40. The van der Waals surface area contributed by atoms with Gasteiger partial charge in [0.1, 0.15) is 0 Å². The molecule has 3 atom stereocenters. The Bertz CT molecular complexity index is 375. The van der Waals surface area contributed by atoms with Crippen molar-refractivity contribution in [2.75, 3.05) is 17.6 Å². The standard InChI is InChI=1S/C14H20N2/c15-13-3-1-2-4-14(13)16-9-12-8-10-5-6-11(12)7-10/h1-4,10-12,16H,5-9,15H2. The highest BCUT2D eigenvalue weighted by molar-refractivity contribution is 5.65. The molecule has 2 saturated carbocycles. The highest BCUT2D eigenvalue weighted by Gasteiger charge is 2.38. The minimum atomic E-state index is 0.866. The number of fused-ring (bicyclic) bond motifs is 2. The average molecular weight is 216 g/mol. The molecule has 0 radical (unpaired) electrons. The summed E-state index contributed by atoms with van der Waals surface area (Å²) in [6.07, 6.45) is 5.86. The van der Waals surface area contributed by atoms with Crippen molar-refractivity contribution in [3.63, 3.8) is 0 Å². The molecule has 2 nitrogen and oxygen atoms in total. The van der Waals surface area contributed by atoms with Gasteiger partial charge in [-0.2, -0.15) is 0 Å². The van der Waals surface area contributed by atoms with Gasteiger partial charge >= 0.3 is 0 Å². The second-order valence-corrected chi connectivity index (χ2v) is 5.40. The largest absolute Gasteiger partial charge is 0.397 e. The van der Waals surface area contributed by atoms with Crippen molar-refractivity contribution >= 4 is 11.4 Å². The average Bonchev–Trinajstić information content (AvgIpc) is 2.90. The lowest BCUT2D eigenvalue weighted by atomic mass is 9.89. The summed E-state index contributed by atoms with van der Waals surface area (Å²) in [5, 5.41) is 3.51. The Hall–Kier alpha value is -1.18. The second kappa shape index (κ2) is 4.00. The number of rotatable bonds is 3. The summed E-state index contributed by atoms with van der Waals surface area (Å²) in [6, 6.07) is 8.06. The van der Waals surface area contributed by atoms with Crippen LogP contribution in [0.1, 0.15) is 25.7 Å². The zero-order valence-electron chi connectivity index (χ0n) is 9.65. The van der Waals surface area contributed by atoms with Crippen molar-refractivity contribution < 1.29 is 0 Å². The Kier molecular flexibility index (Phi) is 2.50. The minimum absolute atomic E-state index is 0.866. The van der Waals surface area contributed by atoms with E-state index in [0.717, 1.165) is 35.7 Å². The maximum Gasteiger partial charge on any atom is 0.0574 e. The van der Waals surface area contributed by atoms with Crippen LogP contribution in [0.4, 0.5) is 11.4 Å². The van der Waals surface area contributed by atoms with E-state index < -0.39 is 0 Å². The molecule has 2 aliphatic carbocycles. The number of hydrogen-bond acceptors (Lipinski definition) is 2. The third kappa shape index (κ3) is 1.77. The Balaban J connectivity index is 1.59. The summed E-state index contributed by atoms with van der Waals surface area (Å²) in [6.45, 7) is 1.11. The number of benzene rings is 1. The minimum Gasteiger partial charge on any atom is -0.397 e. The molecule has 1 aromatic rings. The van der Waals surface area contributed by atoms with Crippen LogP contribution in [0.5, 0.6) is 0 Å². The Morgan fingerprint density at radius 3 is 2.75 bits per heavy atom. The maximum atomic E-state index is 5.92. The molecule has 2 aliphatic rings. The van der Waals surface area contributed by atoms with Crippen LogP contribution in [0.15, 0.2) is 24.3 Å². The predicted molar refractivity (Wildman–Crippen MR) is 68.3 cm³/mol. The smallest absolute Gasteiger partial charge is 0.0574 e. The molecule has 3 unspecified atom stereocenters. The lowest BCUT2D eigenvalue weighted by molar-refractivity contribution is 0.348. The predicted octanol–water partition coefficient (Wildman–Crippen LogP) is 3.12. The summed E-state index contributed by atoms with van der Waals surface area (Å²) < 4.78 is 0. The molecule has 2 fully saturated rings. The topological polar surface area (TPSA) is 38.0 Å². The number of hydrogen-bond donors (Lipinski definition) is 2. The van der Waals surface area contributed by atoms with Crippen molar-refractivity contribution in [2.45, 2.75) is 25.7 Å². The van der Waals surface area contributed by atoms with Crippen LogP contribution in [0, 0.1) is 17.8 Å². The van der Waals surface area contributed by atoms with Crippen LogP contribution in [0.25, 0.3) is 0 Å². The van der Waals surface area contributed by atoms with E-state index in [2.05, 4.69) is 11.4 Å². The molecule has 0 spiro atoms. The molecule has 0 amide bonds. The maximum absolute atomic E-state index is 5.92. The molecule has 0 aromatic heterocycles. The number of nitrogens with two attached hydrogens (primary N) is 1. The van der Waals surface area contributed by atoms with Crippen molar-refractivity contribution in [3.8, 4) is 0 Å². The van der Waals surface area contributed by atoms with Crippen LogP contribution in [0.2, 0.25) is 0 Å². The molecule has 1 aromatic carbocycles. The van der Waals surface area contributed by atoms with Gasteiger partial charge < -0.3 is 11.1 Å². The fraction of sp³-hybridized carbons (Fsp3) is 0.571. The zero-order chi connectivity index (χ0) is 11.0. The molecule has 3 N–H and O–H groups in total. The van der Waals surface area contributed by atoms with Gasteiger partial charge in [0.25, 0.3) is 0 Å². The van der Waals surface area contributed by atoms with Crippen LogP contribution >= 0.6 is 0 Å². The first-order chi connectivity index (χ1) is 7.83. The van der Waals surface area contributed by atoms with Crippen molar-refractivity contribution in [2.24, 2.45) is 17.8 Å². The third-order valence-electron chi connectivity index (χ3n) is 4.40. The van der Waals surface area contributed by atoms with Crippen molar-refractivity contribution in [3.05, 3.63) is 24.3 Å². The highest BCUT2D eigenvalue weighted by atomic mass is 14.9. The van der Waals surface area contributed by atoms with Gasteiger partial charge in [0.15, 0.2) is 0 Å². The molecule has 16 heavy (non-hydrogen) atoms. The Labute approximate surface area is 97.2 Å². The molecular formula is C14H20N2. The van der Waals surface area contributed by atoms with E-state index in [9.17, 15) is 0 Å². The number of anilines is 2. The van der Waals surface area contributed by atoms with E-state index >= 15 is 0 Å². The fourth-order valence-corrected chi connectivity index (χ4v) is 3.53.